The highest BCUT2D eigenvalue weighted by atomic mass is 19.1. The molecule has 1 amide bonds. The number of aryl methyl sites for hydroxylation is 1. The van der Waals surface area contributed by atoms with Crippen molar-refractivity contribution in [1.29, 1.82) is 0 Å². The summed E-state index contributed by atoms with van der Waals surface area (Å²) in [5.41, 5.74) is 1.40. The lowest BCUT2D eigenvalue weighted by Gasteiger charge is -2.26. The summed E-state index contributed by atoms with van der Waals surface area (Å²) in [4.78, 5) is 32.2. The quantitative estimate of drug-likeness (QED) is 0.151. The number of nitrogens with zero attached hydrogens (tertiary/aromatic N) is 3. The summed E-state index contributed by atoms with van der Waals surface area (Å²) in [6.07, 6.45) is 5.66. The number of hydrogen-bond donors (Lipinski definition) is 1. The molecule has 42 heavy (non-hydrogen) atoms. The van der Waals surface area contributed by atoms with Crippen LogP contribution < -0.4 is 14.2 Å². The average Bonchev–Trinajstić information content (AvgIpc) is 3.62. The first-order valence-corrected chi connectivity index (χ1v) is 13.3. The van der Waals surface area contributed by atoms with Gasteiger partial charge in [0, 0.05) is 31.0 Å². The van der Waals surface area contributed by atoms with Crippen LogP contribution in [0.25, 0.3) is 5.76 Å². The Hall–Kier alpha value is -5.12. The number of hydrogen-bond acceptors (Lipinski definition) is 7. The van der Waals surface area contributed by atoms with Crippen molar-refractivity contribution in [2.75, 3.05) is 20.8 Å². The molecule has 0 bridgehead atoms. The highest BCUT2D eigenvalue weighted by molar-refractivity contribution is 6.46. The molecule has 0 spiro atoms. The van der Waals surface area contributed by atoms with Gasteiger partial charge in [-0.05, 0) is 47.9 Å². The summed E-state index contributed by atoms with van der Waals surface area (Å²) in [5, 5.41) is 11.3. The molecule has 1 aromatic heterocycles. The fraction of sp³-hybridized carbons (Fsp3) is 0.219. The number of halogens is 1. The lowest BCUT2D eigenvalue weighted by atomic mass is 9.94. The highest BCUT2D eigenvalue weighted by Gasteiger charge is 2.46. The number of imidazole rings is 1. The second-order valence-electron chi connectivity index (χ2n) is 9.68. The van der Waals surface area contributed by atoms with Gasteiger partial charge in [0.15, 0.2) is 23.1 Å². The molecule has 1 aliphatic rings. The third-order valence-corrected chi connectivity index (χ3v) is 7.08. The zero-order chi connectivity index (χ0) is 29.6. The van der Waals surface area contributed by atoms with E-state index in [-0.39, 0.29) is 23.4 Å². The van der Waals surface area contributed by atoms with Crippen LogP contribution in [0.3, 0.4) is 0 Å². The molecule has 9 nitrogen and oxygen atoms in total. The highest BCUT2D eigenvalue weighted by Crippen LogP contribution is 2.42. The van der Waals surface area contributed by atoms with Gasteiger partial charge in [-0.15, -0.1) is 0 Å². The van der Waals surface area contributed by atoms with Crippen LogP contribution in [0.1, 0.15) is 29.2 Å². The third-order valence-electron chi connectivity index (χ3n) is 7.08. The Balaban J connectivity index is 1.52. The van der Waals surface area contributed by atoms with E-state index in [0.717, 1.165) is 11.6 Å². The summed E-state index contributed by atoms with van der Waals surface area (Å²) in [5.74, 6) is -1.97. The number of ether oxygens (including phenoxy) is 3. The molecule has 1 atom stereocenters. The number of likely N-dealkylation sites (tertiary alicyclic amines) is 1. The second kappa shape index (κ2) is 12.6. The van der Waals surface area contributed by atoms with Crippen molar-refractivity contribution in [3.8, 4) is 17.2 Å². The smallest absolute Gasteiger partial charge is 0.295 e. The molecule has 5 rings (SSSR count). The zero-order valence-corrected chi connectivity index (χ0v) is 23.2. The monoisotopic (exact) mass is 571 g/mol. The van der Waals surface area contributed by atoms with Crippen LogP contribution in [0.5, 0.6) is 17.2 Å². The van der Waals surface area contributed by atoms with E-state index < -0.39 is 29.3 Å². The molecule has 10 heteroatoms. The number of aliphatic hydroxyl groups excluding tert-OH is 1. The Kier molecular flexibility index (Phi) is 8.52. The Morgan fingerprint density at radius 2 is 1.71 bits per heavy atom. The molecular weight excluding hydrogens is 541 g/mol. The van der Waals surface area contributed by atoms with Crippen molar-refractivity contribution in [2.45, 2.75) is 25.6 Å². The number of methoxy groups -OCH3 is 2. The minimum Gasteiger partial charge on any atom is -0.507 e. The Morgan fingerprint density at radius 1 is 0.952 bits per heavy atom. The number of aliphatic hydroxyl groups is 1. The number of amides is 1. The molecule has 0 unspecified atom stereocenters. The van der Waals surface area contributed by atoms with Gasteiger partial charge >= 0.3 is 0 Å². The first-order chi connectivity index (χ1) is 20.4. The van der Waals surface area contributed by atoms with E-state index in [4.69, 9.17) is 14.2 Å². The van der Waals surface area contributed by atoms with Crippen molar-refractivity contribution < 1.29 is 33.3 Å². The summed E-state index contributed by atoms with van der Waals surface area (Å²) < 4.78 is 33.0. The van der Waals surface area contributed by atoms with Crippen molar-refractivity contribution in [1.82, 2.24) is 14.5 Å². The van der Waals surface area contributed by atoms with Gasteiger partial charge in [-0.3, -0.25) is 9.59 Å². The predicted molar refractivity (Wildman–Crippen MR) is 153 cm³/mol. The lowest BCUT2D eigenvalue weighted by Crippen LogP contribution is -2.31. The molecule has 3 aromatic carbocycles. The molecule has 2 heterocycles. The summed E-state index contributed by atoms with van der Waals surface area (Å²) >= 11 is 0. The van der Waals surface area contributed by atoms with E-state index in [1.807, 2.05) is 41.1 Å². The Labute approximate surface area is 242 Å². The molecule has 0 saturated carbocycles. The predicted octanol–water partition coefficient (Wildman–Crippen LogP) is 5.13. The molecule has 4 aromatic rings. The van der Waals surface area contributed by atoms with Gasteiger partial charge in [-0.2, -0.15) is 0 Å². The van der Waals surface area contributed by atoms with Gasteiger partial charge in [0.05, 0.1) is 32.2 Å². The van der Waals surface area contributed by atoms with Crippen LogP contribution in [0.15, 0.2) is 91.0 Å². The maximum atomic E-state index is 14.5. The number of carbonyl (C=O) groups is 2. The van der Waals surface area contributed by atoms with E-state index in [9.17, 15) is 19.1 Å². The summed E-state index contributed by atoms with van der Waals surface area (Å²) in [6.45, 7) is 1.09. The van der Waals surface area contributed by atoms with Gasteiger partial charge in [0.2, 0.25) is 0 Å². The van der Waals surface area contributed by atoms with Gasteiger partial charge in [-0.1, -0.05) is 36.4 Å². The maximum absolute atomic E-state index is 14.5. The molecular formula is C32H30FN3O6. The van der Waals surface area contributed by atoms with Gasteiger partial charge in [0.1, 0.15) is 12.4 Å². The van der Waals surface area contributed by atoms with E-state index in [1.54, 1.807) is 30.7 Å². The van der Waals surface area contributed by atoms with E-state index in [2.05, 4.69) is 4.98 Å². The molecule has 0 radical (unpaired) electrons. The number of carbonyl (C=O) groups excluding carboxylic acids is 2. The SMILES string of the molecule is COc1ccc(C(O)=C2C(=O)C(=O)N(CCCn3ccnc3)[C@H]2c2ccc(OCc3ccccc3)c(OC)c2)cc1F. The zero-order valence-electron chi connectivity index (χ0n) is 23.2. The van der Waals surface area contributed by atoms with Crippen molar-refractivity contribution in [3.05, 3.63) is 114 Å². The van der Waals surface area contributed by atoms with Gasteiger partial charge in [0.25, 0.3) is 11.7 Å². The molecule has 1 fully saturated rings. The number of rotatable bonds is 11. The van der Waals surface area contributed by atoms with E-state index in [1.165, 1.54) is 31.3 Å². The fourth-order valence-electron chi connectivity index (χ4n) is 4.98. The van der Waals surface area contributed by atoms with Crippen LogP contribution in [0.2, 0.25) is 0 Å². The topological polar surface area (TPSA) is 103 Å². The van der Waals surface area contributed by atoms with Crippen molar-refractivity contribution >= 4 is 17.4 Å². The maximum Gasteiger partial charge on any atom is 0.295 e. The van der Waals surface area contributed by atoms with Crippen LogP contribution in [0.4, 0.5) is 4.39 Å². The van der Waals surface area contributed by atoms with Crippen molar-refractivity contribution in [2.24, 2.45) is 0 Å². The summed E-state index contributed by atoms with van der Waals surface area (Å²) in [6, 6.07) is 17.7. The summed E-state index contributed by atoms with van der Waals surface area (Å²) in [7, 11) is 2.82. The lowest BCUT2D eigenvalue weighted by molar-refractivity contribution is -0.139. The first-order valence-electron chi connectivity index (χ1n) is 13.3. The minimum absolute atomic E-state index is 0.0149. The van der Waals surface area contributed by atoms with Crippen LogP contribution in [-0.2, 0) is 22.7 Å². The first kappa shape index (κ1) is 28.4. The fourth-order valence-corrected chi connectivity index (χ4v) is 4.98. The van der Waals surface area contributed by atoms with Crippen LogP contribution >= 0.6 is 0 Å². The van der Waals surface area contributed by atoms with E-state index in [0.29, 0.717) is 36.6 Å². The van der Waals surface area contributed by atoms with Crippen molar-refractivity contribution in [3.63, 3.8) is 0 Å². The second-order valence-corrected chi connectivity index (χ2v) is 9.68. The average molecular weight is 572 g/mol. The van der Waals surface area contributed by atoms with E-state index >= 15 is 0 Å². The van der Waals surface area contributed by atoms with Gasteiger partial charge < -0.3 is 28.8 Å². The van der Waals surface area contributed by atoms with Crippen LogP contribution in [-0.4, -0.2) is 52.0 Å². The third kappa shape index (κ3) is 5.83. The Morgan fingerprint density at radius 3 is 2.40 bits per heavy atom. The normalized spacial score (nSPS) is 16.1. The molecule has 1 saturated heterocycles. The molecule has 1 aliphatic heterocycles. The Bertz CT molecular complexity index is 1600. The molecule has 1 N–H and O–H groups in total. The molecule has 0 aliphatic carbocycles. The number of benzene rings is 3. The standard InChI is InChI=1S/C32H30FN3O6/c1-40-25-11-10-23(17-24(25)33)30(37)28-29(36(32(39)31(28)38)15-6-14-35-16-13-34-20-35)22-9-12-26(27(18-22)41-2)42-19-21-7-4-3-5-8-21/h3-5,7-13,16-18,20,29,37H,6,14-15,19H2,1-2H3/t29-/m0/s1. The van der Waals surface area contributed by atoms with Crippen LogP contribution in [0, 0.1) is 5.82 Å². The number of aromatic nitrogens is 2. The molecule has 216 valence electrons. The number of Topliss-reactive ketones (excluding diaryl/α,β-unsaturated/α-hetero) is 1. The van der Waals surface area contributed by atoms with Gasteiger partial charge in [-0.25, -0.2) is 9.37 Å². The number of ketones is 1. The minimum atomic E-state index is -0.949. The largest absolute Gasteiger partial charge is 0.507 e.